The van der Waals surface area contributed by atoms with Crippen molar-refractivity contribution in [1.29, 1.82) is 0 Å². The predicted octanol–water partition coefficient (Wildman–Crippen LogP) is 3.22. The van der Waals surface area contributed by atoms with Gasteiger partial charge in [0.25, 0.3) is 5.91 Å². The van der Waals surface area contributed by atoms with Crippen LogP contribution in [0.4, 0.5) is 18.9 Å². The van der Waals surface area contributed by atoms with Gasteiger partial charge in [-0.1, -0.05) is 6.92 Å². The summed E-state index contributed by atoms with van der Waals surface area (Å²) in [7, 11) is 0. The third kappa shape index (κ3) is 5.81. The first-order valence-electron chi connectivity index (χ1n) is 8.73. The van der Waals surface area contributed by atoms with E-state index in [1.54, 1.807) is 31.2 Å². The second-order valence-electron chi connectivity index (χ2n) is 6.05. The van der Waals surface area contributed by atoms with Crippen molar-refractivity contribution in [2.24, 2.45) is 0 Å². The van der Waals surface area contributed by atoms with Crippen molar-refractivity contribution in [1.82, 2.24) is 5.32 Å². The molecule has 0 aliphatic rings. The Bertz CT molecular complexity index is 917. The molecular weight excluding hydrogens is 389 g/mol. The van der Waals surface area contributed by atoms with Gasteiger partial charge < -0.3 is 15.4 Å². The number of ketones is 1. The van der Waals surface area contributed by atoms with Crippen LogP contribution in [0.25, 0.3) is 0 Å². The summed E-state index contributed by atoms with van der Waals surface area (Å²) in [6.07, 6.45) is -0.592. The molecule has 0 heterocycles. The Kier molecular flexibility index (Phi) is 7.35. The minimum absolute atomic E-state index is 0.0224. The van der Waals surface area contributed by atoms with E-state index < -0.39 is 47.6 Å². The smallest absolute Gasteiger partial charge is 0.261 e. The second kappa shape index (κ2) is 9.72. The number of carbonyl (C=O) groups excluding carboxylic acids is 3. The topological polar surface area (TPSA) is 84.5 Å². The van der Waals surface area contributed by atoms with Gasteiger partial charge in [0, 0.05) is 12.0 Å². The van der Waals surface area contributed by atoms with Crippen LogP contribution in [0.3, 0.4) is 0 Å². The Hall–Kier alpha value is -3.36. The molecule has 2 rings (SSSR count). The van der Waals surface area contributed by atoms with Crippen LogP contribution in [-0.2, 0) is 9.59 Å². The van der Waals surface area contributed by atoms with Gasteiger partial charge in [-0.05, 0) is 43.3 Å². The van der Waals surface area contributed by atoms with Crippen LogP contribution < -0.4 is 15.4 Å². The number of nitrogens with one attached hydrogen (secondary N) is 2. The molecule has 0 saturated carbocycles. The fourth-order valence-electron chi connectivity index (χ4n) is 2.31. The highest BCUT2D eigenvalue weighted by molar-refractivity contribution is 5.96. The zero-order valence-electron chi connectivity index (χ0n) is 15.7. The average molecular weight is 408 g/mol. The minimum atomic E-state index is -1.71. The molecule has 9 heteroatoms. The van der Waals surface area contributed by atoms with Gasteiger partial charge in [0.1, 0.15) is 5.75 Å². The summed E-state index contributed by atoms with van der Waals surface area (Å²) in [4.78, 5) is 35.4. The summed E-state index contributed by atoms with van der Waals surface area (Å²) in [5.74, 6) is -5.75. The molecule has 6 nitrogen and oxygen atoms in total. The Morgan fingerprint density at radius 3 is 2.28 bits per heavy atom. The number of amides is 2. The van der Waals surface area contributed by atoms with E-state index in [1.165, 1.54) is 6.92 Å². The van der Waals surface area contributed by atoms with Crippen LogP contribution in [0.2, 0.25) is 0 Å². The number of hydrogen-bond acceptors (Lipinski definition) is 4. The lowest BCUT2D eigenvalue weighted by atomic mass is 10.1. The maximum Gasteiger partial charge on any atom is 0.261 e. The highest BCUT2D eigenvalue weighted by Gasteiger charge is 2.18. The van der Waals surface area contributed by atoms with Crippen molar-refractivity contribution in [2.75, 3.05) is 11.9 Å². The van der Waals surface area contributed by atoms with Crippen LogP contribution in [0, 0.1) is 17.5 Å². The van der Waals surface area contributed by atoms with E-state index in [0.717, 1.165) is 6.07 Å². The van der Waals surface area contributed by atoms with Crippen LogP contribution in [0.5, 0.6) is 5.75 Å². The predicted molar refractivity (Wildman–Crippen MR) is 99.1 cm³/mol. The summed E-state index contributed by atoms with van der Waals surface area (Å²) in [5, 5.41) is 4.32. The van der Waals surface area contributed by atoms with E-state index in [2.05, 4.69) is 5.32 Å². The van der Waals surface area contributed by atoms with E-state index in [4.69, 9.17) is 4.74 Å². The number of halogens is 3. The number of rotatable bonds is 8. The third-order valence-electron chi connectivity index (χ3n) is 3.91. The second-order valence-corrected chi connectivity index (χ2v) is 6.05. The fourth-order valence-corrected chi connectivity index (χ4v) is 2.31. The van der Waals surface area contributed by atoms with E-state index in [0.29, 0.717) is 23.8 Å². The van der Waals surface area contributed by atoms with Crippen molar-refractivity contribution in [3.63, 3.8) is 0 Å². The van der Waals surface area contributed by atoms with Gasteiger partial charge in [0.2, 0.25) is 5.91 Å². The van der Waals surface area contributed by atoms with Crippen LogP contribution in [0.15, 0.2) is 36.4 Å². The standard InChI is InChI=1S/C20H19F3N2O4/c1-3-16(26)12-4-6-13(7-5-12)29-11(2)20(28)24-10-17(27)25-15-9-8-14(21)18(22)19(15)23/h4-9,11H,3,10H2,1-2H3,(H,24,28)(H,25,27)/t11-/m0/s1. The normalized spacial score (nSPS) is 11.5. The lowest BCUT2D eigenvalue weighted by Gasteiger charge is -2.15. The molecule has 154 valence electrons. The quantitative estimate of drug-likeness (QED) is 0.519. The van der Waals surface area contributed by atoms with E-state index in [9.17, 15) is 27.6 Å². The molecule has 0 spiro atoms. The molecule has 0 aliphatic heterocycles. The molecule has 0 bridgehead atoms. The zero-order chi connectivity index (χ0) is 21.6. The van der Waals surface area contributed by atoms with Gasteiger partial charge in [-0.3, -0.25) is 14.4 Å². The van der Waals surface area contributed by atoms with Crippen LogP contribution in [0.1, 0.15) is 30.6 Å². The van der Waals surface area contributed by atoms with Gasteiger partial charge >= 0.3 is 0 Å². The van der Waals surface area contributed by atoms with E-state index in [1.807, 2.05) is 5.32 Å². The van der Waals surface area contributed by atoms with Crippen LogP contribution >= 0.6 is 0 Å². The monoisotopic (exact) mass is 408 g/mol. The molecule has 2 aromatic carbocycles. The summed E-state index contributed by atoms with van der Waals surface area (Å²) >= 11 is 0. The van der Waals surface area contributed by atoms with E-state index >= 15 is 0 Å². The molecule has 29 heavy (non-hydrogen) atoms. The molecule has 1 atom stereocenters. The van der Waals surface area contributed by atoms with Crippen molar-refractivity contribution in [2.45, 2.75) is 26.4 Å². The molecule has 0 saturated heterocycles. The molecule has 2 N–H and O–H groups in total. The number of anilines is 1. The van der Waals surface area contributed by atoms with Crippen molar-refractivity contribution < 1.29 is 32.3 Å². The molecule has 0 fully saturated rings. The van der Waals surface area contributed by atoms with E-state index in [-0.39, 0.29) is 5.78 Å². The van der Waals surface area contributed by atoms with Crippen molar-refractivity contribution in [3.05, 3.63) is 59.4 Å². The third-order valence-corrected chi connectivity index (χ3v) is 3.91. The van der Waals surface area contributed by atoms with Gasteiger partial charge in [-0.2, -0.15) is 0 Å². The first kappa shape index (κ1) is 21.9. The summed E-state index contributed by atoms with van der Waals surface area (Å²) in [6, 6.07) is 7.79. The molecule has 0 aliphatic carbocycles. The summed E-state index contributed by atoms with van der Waals surface area (Å²) < 4.78 is 45.0. The van der Waals surface area contributed by atoms with Gasteiger partial charge in [-0.15, -0.1) is 0 Å². The number of hydrogen-bond donors (Lipinski definition) is 2. The zero-order valence-corrected chi connectivity index (χ0v) is 15.7. The average Bonchev–Trinajstić information content (AvgIpc) is 2.72. The highest BCUT2D eigenvalue weighted by atomic mass is 19.2. The molecule has 2 amide bonds. The fraction of sp³-hybridized carbons (Fsp3) is 0.250. The molecule has 2 aromatic rings. The molecular formula is C20H19F3N2O4. The molecule has 0 aromatic heterocycles. The number of ether oxygens (including phenoxy) is 1. The summed E-state index contributed by atoms with van der Waals surface area (Å²) in [6.45, 7) is 2.67. The van der Waals surface area contributed by atoms with Gasteiger partial charge in [0.05, 0.1) is 12.2 Å². The Morgan fingerprint density at radius 1 is 1.00 bits per heavy atom. The number of carbonyl (C=O) groups is 3. The maximum atomic E-state index is 13.5. The Morgan fingerprint density at radius 2 is 1.66 bits per heavy atom. The van der Waals surface area contributed by atoms with Crippen molar-refractivity contribution in [3.8, 4) is 5.75 Å². The largest absolute Gasteiger partial charge is 0.481 e. The SMILES string of the molecule is CCC(=O)c1ccc(O[C@@H](C)C(=O)NCC(=O)Nc2ccc(F)c(F)c2F)cc1. The lowest BCUT2D eigenvalue weighted by molar-refractivity contribution is -0.129. The number of benzene rings is 2. The Balaban J connectivity index is 1.86. The minimum Gasteiger partial charge on any atom is -0.481 e. The van der Waals surface area contributed by atoms with Crippen molar-refractivity contribution >= 4 is 23.3 Å². The molecule has 0 radical (unpaired) electrons. The Labute approximate surface area is 165 Å². The molecule has 0 unspecified atom stereocenters. The highest BCUT2D eigenvalue weighted by Crippen LogP contribution is 2.19. The number of Topliss-reactive ketones (excluding diaryl/α,β-unsaturated/α-hetero) is 1. The van der Waals surface area contributed by atoms with Gasteiger partial charge in [-0.25, -0.2) is 13.2 Å². The van der Waals surface area contributed by atoms with Gasteiger partial charge in [0.15, 0.2) is 29.3 Å². The first-order valence-corrected chi connectivity index (χ1v) is 8.73. The van der Waals surface area contributed by atoms with Crippen LogP contribution in [-0.4, -0.2) is 30.2 Å². The summed E-state index contributed by atoms with van der Waals surface area (Å²) in [5.41, 5.74) is -0.0211. The lowest BCUT2D eigenvalue weighted by Crippen LogP contribution is -2.40. The maximum absolute atomic E-state index is 13.5. The first-order chi connectivity index (χ1) is 13.7.